The Bertz CT molecular complexity index is 601. The third kappa shape index (κ3) is 7.46. The molecule has 1 aliphatic rings. The Balaban J connectivity index is 1.80. The Morgan fingerprint density at radius 2 is 1.96 bits per heavy atom. The lowest BCUT2D eigenvalue weighted by Gasteiger charge is -2.22. The summed E-state index contributed by atoms with van der Waals surface area (Å²) in [7, 11) is 0. The highest BCUT2D eigenvalue weighted by molar-refractivity contribution is 5.74. The van der Waals surface area contributed by atoms with E-state index in [4.69, 9.17) is 14.6 Å². The molecule has 1 unspecified atom stereocenters. The Kier molecular flexibility index (Phi) is 8.39. The zero-order valence-corrected chi connectivity index (χ0v) is 16.1. The average Bonchev–Trinajstić information content (AvgIpc) is 3.46. The van der Waals surface area contributed by atoms with Gasteiger partial charge in [-0.1, -0.05) is 12.1 Å². The Hall–Kier alpha value is -2.28. The standard InChI is InChI=1S/C20H30N2O5/c1-3-21-20(25)22(14-16-5-6-16)11-12-27-17-9-7-15(8-10-17)13-18(19(23)24)26-4-2/h7-10,16,18H,3-6,11-14H2,1-2H3,(H,21,25)(H,23,24). The lowest BCUT2D eigenvalue weighted by atomic mass is 10.1. The van der Waals surface area contributed by atoms with Crippen LogP contribution in [0, 0.1) is 5.92 Å². The molecule has 150 valence electrons. The van der Waals surface area contributed by atoms with Gasteiger partial charge in [0.15, 0.2) is 6.10 Å². The van der Waals surface area contributed by atoms with Crippen LogP contribution < -0.4 is 10.1 Å². The molecule has 0 spiro atoms. The monoisotopic (exact) mass is 378 g/mol. The predicted octanol–water partition coefficient (Wildman–Crippen LogP) is 2.54. The second-order valence-electron chi connectivity index (χ2n) is 6.70. The molecule has 2 rings (SSSR count). The van der Waals surface area contributed by atoms with E-state index in [1.807, 2.05) is 36.1 Å². The summed E-state index contributed by atoms with van der Waals surface area (Å²) in [6.45, 7) is 6.39. The number of benzene rings is 1. The van der Waals surface area contributed by atoms with E-state index in [0.717, 1.165) is 12.1 Å². The van der Waals surface area contributed by atoms with Crippen LogP contribution >= 0.6 is 0 Å². The second kappa shape index (κ2) is 10.8. The molecule has 1 saturated carbocycles. The topological polar surface area (TPSA) is 88.1 Å². The second-order valence-corrected chi connectivity index (χ2v) is 6.70. The molecule has 0 aromatic heterocycles. The molecular weight excluding hydrogens is 348 g/mol. The van der Waals surface area contributed by atoms with Crippen molar-refractivity contribution in [3.05, 3.63) is 29.8 Å². The summed E-state index contributed by atoms with van der Waals surface area (Å²) in [6, 6.07) is 7.28. The Morgan fingerprint density at radius 1 is 1.26 bits per heavy atom. The molecule has 1 fully saturated rings. The molecule has 1 aliphatic carbocycles. The maximum Gasteiger partial charge on any atom is 0.333 e. The number of rotatable bonds is 12. The SMILES string of the molecule is CCNC(=O)N(CCOc1ccc(CC(OCC)C(=O)O)cc1)CC1CC1. The molecule has 27 heavy (non-hydrogen) atoms. The number of ether oxygens (including phenoxy) is 2. The first-order valence-corrected chi connectivity index (χ1v) is 9.62. The van der Waals surface area contributed by atoms with Crippen LogP contribution in [0.4, 0.5) is 4.79 Å². The van der Waals surface area contributed by atoms with Crippen molar-refractivity contribution in [2.45, 2.75) is 39.2 Å². The fourth-order valence-electron chi connectivity index (χ4n) is 2.78. The summed E-state index contributed by atoms with van der Waals surface area (Å²) < 4.78 is 11.0. The van der Waals surface area contributed by atoms with Gasteiger partial charge in [0, 0.05) is 26.1 Å². The molecule has 1 aromatic carbocycles. The van der Waals surface area contributed by atoms with Crippen molar-refractivity contribution in [1.82, 2.24) is 10.2 Å². The number of carboxylic acids is 1. The van der Waals surface area contributed by atoms with E-state index in [9.17, 15) is 9.59 Å². The molecule has 2 N–H and O–H groups in total. The van der Waals surface area contributed by atoms with E-state index < -0.39 is 12.1 Å². The van der Waals surface area contributed by atoms with Crippen LogP contribution in [0.15, 0.2) is 24.3 Å². The van der Waals surface area contributed by atoms with Gasteiger partial charge < -0.3 is 24.8 Å². The van der Waals surface area contributed by atoms with Crippen molar-refractivity contribution < 1.29 is 24.2 Å². The minimum absolute atomic E-state index is 0.0426. The first-order chi connectivity index (χ1) is 13.0. The van der Waals surface area contributed by atoms with Crippen LogP contribution in [0.5, 0.6) is 5.75 Å². The minimum atomic E-state index is -0.960. The minimum Gasteiger partial charge on any atom is -0.492 e. The number of nitrogens with one attached hydrogen (secondary N) is 1. The van der Waals surface area contributed by atoms with Crippen molar-refractivity contribution in [3.63, 3.8) is 0 Å². The van der Waals surface area contributed by atoms with Crippen LogP contribution in [0.25, 0.3) is 0 Å². The fourth-order valence-corrected chi connectivity index (χ4v) is 2.78. The van der Waals surface area contributed by atoms with E-state index in [2.05, 4.69) is 5.32 Å². The van der Waals surface area contributed by atoms with Gasteiger partial charge in [0.1, 0.15) is 12.4 Å². The third-order valence-corrected chi connectivity index (χ3v) is 4.41. The number of nitrogens with zero attached hydrogens (tertiary/aromatic N) is 1. The molecular formula is C20H30N2O5. The summed E-state index contributed by atoms with van der Waals surface area (Å²) in [6.07, 6.45) is 1.86. The van der Waals surface area contributed by atoms with Gasteiger partial charge in [-0.3, -0.25) is 0 Å². The zero-order chi connectivity index (χ0) is 19.6. The number of carboxylic acid groups (broad SMARTS) is 1. The largest absolute Gasteiger partial charge is 0.492 e. The lowest BCUT2D eigenvalue weighted by molar-refractivity contribution is -0.149. The number of urea groups is 1. The number of amides is 2. The van der Waals surface area contributed by atoms with Crippen LogP contribution in [-0.2, 0) is 16.0 Å². The molecule has 2 amide bonds. The van der Waals surface area contributed by atoms with Gasteiger partial charge in [0.2, 0.25) is 0 Å². The number of carbonyl (C=O) groups is 2. The summed E-state index contributed by atoms with van der Waals surface area (Å²) in [4.78, 5) is 25.1. The van der Waals surface area contributed by atoms with E-state index in [0.29, 0.717) is 44.4 Å². The number of hydrogen-bond acceptors (Lipinski definition) is 4. The van der Waals surface area contributed by atoms with Gasteiger partial charge in [0.25, 0.3) is 0 Å². The van der Waals surface area contributed by atoms with Crippen molar-refractivity contribution in [2.75, 3.05) is 32.8 Å². The molecule has 0 heterocycles. The van der Waals surface area contributed by atoms with Gasteiger partial charge in [0.05, 0.1) is 6.54 Å². The van der Waals surface area contributed by atoms with Crippen molar-refractivity contribution >= 4 is 12.0 Å². The van der Waals surface area contributed by atoms with Crippen LogP contribution in [0.3, 0.4) is 0 Å². The van der Waals surface area contributed by atoms with Crippen molar-refractivity contribution in [2.24, 2.45) is 5.92 Å². The van der Waals surface area contributed by atoms with Gasteiger partial charge >= 0.3 is 12.0 Å². The molecule has 0 aliphatic heterocycles. The highest BCUT2D eigenvalue weighted by Gasteiger charge is 2.26. The summed E-state index contributed by atoms with van der Waals surface area (Å²) in [5.41, 5.74) is 0.876. The van der Waals surface area contributed by atoms with Crippen LogP contribution in [-0.4, -0.2) is 61.0 Å². The predicted molar refractivity (Wildman–Crippen MR) is 102 cm³/mol. The van der Waals surface area contributed by atoms with E-state index in [-0.39, 0.29) is 6.03 Å². The van der Waals surface area contributed by atoms with Gasteiger partial charge in [-0.05, 0) is 50.3 Å². The Labute approximate surface area is 160 Å². The number of carbonyl (C=O) groups excluding carboxylic acids is 1. The summed E-state index contributed by atoms with van der Waals surface area (Å²) in [5, 5.41) is 12.0. The highest BCUT2D eigenvalue weighted by atomic mass is 16.5. The van der Waals surface area contributed by atoms with E-state index >= 15 is 0 Å². The maximum absolute atomic E-state index is 12.1. The molecule has 0 saturated heterocycles. The lowest BCUT2D eigenvalue weighted by Crippen LogP contribution is -2.43. The Morgan fingerprint density at radius 3 is 2.52 bits per heavy atom. The molecule has 0 bridgehead atoms. The van der Waals surface area contributed by atoms with Crippen LogP contribution in [0.2, 0.25) is 0 Å². The van der Waals surface area contributed by atoms with Gasteiger partial charge in [-0.2, -0.15) is 0 Å². The van der Waals surface area contributed by atoms with Crippen molar-refractivity contribution in [1.29, 1.82) is 0 Å². The third-order valence-electron chi connectivity index (χ3n) is 4.41. The fraction of sp³-hybridized carbons (Fsp3) is 0.600. The molecule has 7 heteroatoms. The summed E-state index contributed by atoms with van der Waals surface area (Å²) in [5.74, 6) is 0.363. The van der Waals surface area contributed by atoms with E-state index in [1.165, 1.54) is 12.8 Å². The van der Waals surface area contributed by atoms with Crippen LogP contribution in [0.1, 0.15) is 32.3 Å². The highest BCUT2D eigenvalue weighted by Crippen LogP contribution is 2.29. The van der Waals surface area contributed by atoms with Crippen molar-refractivity contribution in [3.8, 4) is 5.75 Å². The maximum atomic E-state index is 12.1. The molecule has 7 nitrogen and oxygen atoms in total. The smallest absolute Gasteiger partial charge is 0.333 e. The van der Waals surface area contributed by atoms with E-state index in [1.54, 1.807) is 6.92 Å². The summed E-state index contributed by atoms with van der Waals surface area (Å²) >= 11 is 0. The molecule has 1 atom stereocenters. The first-order valence-electron chi connectivity index (χ1n) is 9.62. The number of aliphatic carboxylic acids is 1. The first kappa shape index (κ1) is 21.0. The molecule has 0 radical (unpaired) electrons. The zero-order valence-electron chi connectivity index (χ0n) is 16.1. The molecule has 1 aromatic rings. The van der Waals surface area contributed by atoms with Gasteiger partial charge in [-0.15, -0.1) is 0 Å². The quantitative estimate of drug-likeness (QED) is 0.584. The average molecular weight is 378 g/mol. The number of hydrogen-bond donors (Lipinski definition) is 2. The normalized spacial score (nSPS) is 14.4. The van der Waals surface area contributed by atoms with Gasteiger partial charge in [-0.25, -0.2) is 9.59 Å².